The van der Waals surface area contributed by atoms with Crippen molar-refractivity contribution in [1.82, 2.24) is 10.2 Å². The van der Waals surface area contributed by atoms with Crippen molar-refractivity contribution in [2.45, 2.75) is 25.4 Å². The Hall–Kier alpha value is -1.84. The normalized spacial score (nSPS) is 18.0. The molecule has 4 heteroatoms. The van der Waals surface area contributed by atoms with Crippen molar-refractivity contribution in [2.75, 3.05) is 13.1 Å². The molecule has 0 spiro atoms. The highest BCUT2D eigenvalue weighted by Gasteiger charge is 2.27. The van der Waals surface area contributed by atoms with Crippen LogP contribution in [0.3, 0.4) is 0 Å². The molecule has 1 saturated heterocycles. The van der Waals surface area contributed by atoms with E-state index in [4.69, 9.17) is 11.6 Å². The van der Waals surface area contributed by atoms with Crippen molar-refractivity contribution in [3.8, 4) is 0 Å². The molecule has 0 saturated carbocycles. The number of nitrogens with zero attached hydrogens (tertiary/aromatic N) is 1. The standard InChI is InChI=1S/C19H21ClN2O/c20-17-9-4-8-16(12-17)18-10-5-11-22(18)14-19(23)21-13-15-6-2-1-3-7-15/h1-4,6-9,12,18H,5,10-11,13-14H2,(H,21,23). The van der Waals surface area contributed by atoms with Crippen molar-refractivity contribution in [3.05, 3.63) is 70.7 Å². The van der Waals surface area contributed by atoms with Crippen LogP contribution in [-0.2, 0) is 11.3 Å². The topological polar surface area (TPSA) is 32.3 Å². The lowest BCUT2D eigenvalue weighted by Crippen LogP contribution is -2.36. The second-order valence-electron chi connectivity index (χ2n) is 5.95. The Bertz CT molecular complexity index is 659. The van der Waals surface area contributed by atoms with Crippen molar-refractivity contribution in [3.63, 3.8) is 0 Å². The zero-order chi connectivity index (χ0) is 16.1. The number of rotatable bonds is 5. The van der Waals surface area contributed by atoms with Crippen LogP contribution in [0.4, 0.5) is 0 Å². The minimum Gasteiger partial charge on any atom is -0.351 e. The average Bonchev–Trinajstić information content (AvgIpc) is 3.02. The van der Waals surface area contributed by atoms with E-state index in [1.807, 2.05) is 48.5 Å². The van der Waals surface area contributed by atoms with Crippen molar-refractivity contribution in [1.29, 1.82) is 0 Å². The maximum Gasteiger partial charge on any atom is 0.234 e. The summed E-state index contributed by atoms with van der Waals surface area (Å²) in [5, 5.41) is 3.76. The summed E-state index contributed by atoms with van der Waals surface area (Å²) in [5.74, 6) is 0.0720. The lowest BCUT2D eigenvalue weighted by atomic mass is 10.0. The third kappa shape index (κ3) is 4.34. The maximum atomic E-state index is 12.2. The number of likely N-dealkylation sites (tertiary alicyclic amines) is 1. The minimum absolute atomic E-state index is 0.0720. The fourth-order valence-electron chi connectivity index (χ4n) is 3.14. The van der Waals surface area contributed by atoms with Gasteiger partial charge in [-0.05, 0) is 42.6 Å². The molecule has 0 bridgehead atoms. The van der Waals surface area contributed by atoms with Crippen LogP contribution in [0.2, 0.25) is 5.02 Å². The summed E-state index contributed by atoms with van der Waals surface area (Å²) in [5.41, 5.74) is 2.32. The van der Waals surface area contributed by atoms with E-state index in [-0.39, 0.29) is 11.9 Å². The first-order chi connectivity index (χ1) is 11.2. The van der Waals surface area contributed by atoms with Gasteiger partial charge in [0.2, 0.25) is 5.91 Å². The summed E-state index contributed by atoms with van der Waals surface area (Å²) in [6.45, 7) is 1.97. The molecule has 120 valence electrons. The number of halogens is 1. The van der Waals surface area contributed by atoms with E-state index in [9.17, 15) is 4.79 Å². The van der Waals surface area contributed by atoms with Gasteiger partial charge in [-0.3, -0.25) is 9.69 Å². The van der Waals surface area contributed by atoms with Crippen LogP contribution >= 0.6 is 11.6 Å². The summed E-state index contributed by atoms with van der Waals surface area (Å²) in [6, 6.07) is 18.2. The van der Waals surface area contributed by atoms with Crippen molar-refractivity contribution < 1.29 is 4.79 Å². The van der Waals surface area contributed by atoms with E-state index >= 15 is 0 Å². The molecule has 2 aromatic rings. The van der Waals surface area contributed by atoms with Gasteiger partial charge in [-0.2, -0.15) is 0 Å². The summed E-state index contributed by atoms with van der Waals surface area (Å²) < 4.78 is 0. The lowest BCUT2D eigenvalue weighted by molar-refractivity contribution is -0.122. The molecule has 0 aromatic heterocycles. The minimum atomic E-state index is 0.0720. The molecule has 1 unspecified atom stereocenters. The second kappa shape index (κ2) is 7.62. The van der Waals surface area contributed by atoms with Crippen LogP contribution in [0.5, 0.6) is 0 Å². The number of nitrogens with one attached hydrogen (secondary N) is 1. The van der Waals surface area contributed by atoms with E-state index in [0.29, 0.717) is 13.1 Å². The number of carbonyl (C=O) groups excluding carboxylic acids is 1. The van der Waals surface area contributed by atoms with E-state index in [2.05, 4.69) is 16.3 Å². The SMILES string of the molecule is O=C(CN1CCCC1c1cccc(Cl)c1)NCc1ccccc1. The molecular weight excluding hydrogens is 308 g/mol. The molecule has 3 nitrogen and oxygen atoms in total. The quantitative estimate of drug-likeness (QED) is 0.905. The van der Waals surface area contributed by atoms with Crippen LogP contribution in [0.1, 0.15) is 30.0 Å². The number of benzene rings is 2. The smallest absolute Gasteiger partial charge is 0.234 e. The first kappa shape index (κ1) is 16.0. The molecule has 1 fully saturated rings. The van der Waals surface area contributed by atoms with E-state index in [0.717, 1.165) is 30.0 Å². The Morgan fingerprint density at radius 3 is 2.78 bits per heavy atom. The summed E-state index contributed by atoms with van der Waals surface area (Å²) in [7, 11) is 0. The number of hydrogen-bond acceptors (Lipinski definition) is 2. The Morgan fingerprint density at radius 2 is 2.00 bits per heavy atom. The van der Waals surface area contributed by atoms with Gasteiger partial charge in [-0.25, -0.2) is 0 Å². The lowest BCUT2D eigenvalue weighted by Gasteiger charge is -2.24. The highest BCUT2D eigenvalue weighted by atomic mass is 35.5. The Morgan fingerprint density at radius 1 is 1.17 bits per heavy atom. The molecule has 23 heavy (non-hydrogen) atoms. The molecular formula is C19H21ClN2O. The molecule has 1 atom stereocenters. The fourth-order valence-corrected chi connectivity index (χ4v) is 3.34. The number of hydrogen-bond donors (Lipinski definition) is 1. The average molecular weight is 329 g/mol. The predicted molar refractivity (Wildman–Crippen MR) is 93.3 cm³/mol. The van der Waals surface area contributed by atoms with Crippen LogP contribution in [0.15, 0.2) is 54.6 Å². The van der Waals surface area contributed by atoms with Gasteiger partial charge < -0.3 is 5.32 Å². The second-order valence-corrected chi connectivity index (χ2v) is 6.38. The van der Waals surface area contributed by atoms with E-state index in [1.54, 1.807) is 0 Å². The molecule has 2 aromatic carbocycles. The summed E-state index contributed by atoms with van der Waals surface area (Å²) >= 11 is 6.10. The van der Waals surface area contributed by atoms with E-state index < -0.39 is 0 Å². The number of carbonyl (C=O) groups is 1. The Kier molecular flexibility index (Phi) is 5.31. The molecule has 1 heterocycles. The maximum absolute atomic E-state index is 12.2. The summed E-state index contributed by atoms with van der Waals surface area (Å²) in [4.78, 5) is 14.5. The zero-order valence-corrected chi connectivity index (χ0v) is 13.8. The highest BCUT2D eigenvalue weighted by molar-refractivity contribution is 6.30. The monoisotopic (exact) mass is 328 g/mol. The largest absolute Gasteiger partial charge is 0.351 e. The predicted octanol–water partition coefficient (Wildman–Crippen LogP) is 3.79. The highest BCUT2D eigenvalue weighted by Crippen LogP contribution is 2.32. The number of amides is 1. The fraction of sp³-hybridized carbons (Fsp3) is 0.316. The van der Waals surface area contributed by atoms with Crippen molar-refractivity contribution in [2.24, 2.45) is 0 Å². The molecule has 3 rings (SSSR count). The van der Waals surface area contributed by atoms with Gasteiger partial charge in [0.1, 0.15) is 0 Å². The van der Waals surface area contributed by atoms with Gasteiger partial charge in [0.15, 0.2) is 0 Å². The molecule has 0 aliphatic carbocycles. The molecule has 1 amide bonds. The van der Waals surface area contributed by atoms with Gasteiger partial charge in [-0.15, -0.1) is 0 Å². The molecule has 1 aliphatic heterocycles. The molecule has 0 radical (unpaired) electrons. The van der Waals surface area contributed by atoms with Crippen LogP contribution in [0, 0.1) is 0 Å². The third-order valence-electron chi connectivity index (χ3n) is 4.28. The van der Waals surface area contributed by atoms with E-state index in [1.165, 1.54) is 5.56 Å². The zero-order valence-electron chi connectivity index (χ0n) is 13.0. The van der Waals surface area contributed by atoms with Crippen LogP contribution in [-0.4, -0.2) is 23.9 Å². The van der Waals surface area contributed by atoms with Gasteiger partial charge in [0.25, 0.3) is 0 Å². The Balaban J connectivity index is 1.57. The van der Waals surface area contributed by atoms with Crippen molar-refractivity contribution >= 4 is 17.5 Å². The van der Waals surface area contributed by atoms with Crippen LogP contribution in [0.25, 0.3) is 0 Å². The first-order valence-electron chi connectivity index (χ1n) is 8.02. The Labute approximate surface area is 142 Å². The van der Waals surface area contributed by atoms with Gasteiger partial charge in [0, 0.05) is 17.6 Å². The van der Waals surface area contributed by atoms with Gasteiger partial charge in [-0.1, -0.05) is 54.1 Å². The third-order valence-corrected chi connectivity index (χ3v) is 4.51. The van der Waals surface area contributed by atoms with Crippen LogP contribution < -0.4 is 5.32 Å². The molecule has 1 N–H and O–H groups in total. The van der Waals surface area contributed by atoms with Gasteiger partial charge >= 0.3 is 0 Å². The molecule has 1 aliphatic rings. The first-order valence-corrected chi connectivity index (χ1v) is 8.40. The summed E-state index contributed by atoms with van der Waals surface area (Å²) in [6.07, 6.45) is 2.19. The van der Waals surface area contributed by atoms with Gasteiger partial charge in [0.05, 0.1) is 6.54 Å².